The minimum atomic E-state index is -0.0944. The fraction of sp³-hybridized carbons (Fsp3) is 0.235. The number of carbonyl (C=O) groups excluding carboxylic acids is 1. The molecule has 4 rings (SSSR count). The molecule has 3 aromatic rings. The lowest BCUT2D eigenvalue weighted by Crippen LogP contribution is -2.39. The molecule has 23 heavy (non-hydrogen) atoms. The van der Waals surface area contributed by atoms with Gasteiger partial charge in [-0.05, 0) is 12.5 Å². The third-order valence-corrected chi connectivity index (χ3v) is 4.28. The molecule has 116 valence electrons. The molecule has 1 amide bonds. The first kappa shape index (κ1) is 13.8. The summed E-state index contributed by atoms with van der Waals surface area (Å²) in [5, 5.41) is 0.806. The molecule has 0 atom stereocenters. The number of carbonyl (C=O) groups is 1. The van der Waals surface area contributed by atoms with Crippen LogP contribution in [0.25, 0.3) is 11.0 Å². The van der Waals surface area contributed by atoms with Crippen LogP contribution in [-0.2, 0) is 20.0 Å². The minimum absolute atomic E-state index is 0.0316. The van der Waals surface area contributed by atoms with E-state index in [1.807, 2.05) is 24.3 Å². The lowest BCUT2D eigenvalue weighted by Gasteiger charge is -2.27. The Bertz CT molecular complexity index is 971. The summed E-state index contributed by atoms with van der Waals surface area (Å²) in [6.07, 6.45) is 3.53. The van der Waals surface area contributed by atoms with Crippen LogP contribution in [0.5, 0.6) is 0 Å². The first-order valence-corrected chi connectivity index (χ1v) is 7.44. The molecule has 1 aromatic carbocycles. The van der Waals surface area contributed by atoms with E-state index in [0.717, 1.165) is 5.39 Å². The molecular formula is C17H15N3O3. The molecule has 1 aliphatic rings. The summed E-state index contributed by atoms with van der Waals surface area (Å²) in [7, 11) is 1.69. The molecule has 0 saturated carbocycles. The van der Waals surface area contributed by atoms with Gasteiger partial charge in [0.2, 0.25) is 0 Å². The first-order chi connectivity index (χ1) is 11.1. The van der Waals surface area contributed by atoms with Gasteiger partial charge >= 0.3 is 0 Å². The van der Waals surface area contributed by atoms with Crippen molar-refractivity contribution in [1.29, 1.82) is 0 Å². The largest absolute Gasteiger partial charge is 0.463 e. The molecule has 0 fully saturated rings. The Morgan fingerprint density at radius 2 is 2.13 bits per heavy atom. The topological polar surface area (TPSA) is 68.3 Å². The average molecular weight is 309 g/mol. The van der Waals surface area contributed by atoms with Crippen LogP contribution in [0.2, 0.25) is 0 Å². The van der Waals surface area contributed by atoms with Gasteiger partial charge in [0.1, 0.15) is 11.8 Å². The number of benzene rings is 1. The molecule has 3 heterocycles. The van der Waals surface area contributed by atoms with Gasteiger partial charge in [-0.15, -0.1) is 0 Å². The second-order valence-electron chi connectivity index (χ2n) is 5.71. The van der Waals surface area contributed by atoms with E-state index in [1.165, 1.54) is 17.2 Å². The van der Waals surface area contributed by atoms with Gasteiger partial charge in [0.15, 0.2) is 0 Å². The van der Waals surface area contributed by atoms with Crippen molar-refractivity contribution in [3.05, 3.63) is 64.0 Å². The third-order valence-electron chi connectivity index (χ3n) is 4.28. The summed E-state index contributed by atoms with van der Waals surface area (Å²) in [5.74, 6) is -0.0944. The molecule has 0 aliphatic carbocycles. The van der Waals surface area contributed by atoms with E-state index in [9.17, 15) is 9.59 Å². The highest BCUT2D eigenvalue weighted by Crippen LogP contribution is 2.24. The lowest BCUT2D eigenvalue weighted by atomic mass is 10.0. The number of rotatable bonds is 1. The summed E-state index contributed by atoms with van der Waals surface area (Å²) in [6.45, 7) is 0.857. The van der Waals surface area contributed by atoms with Crippen molar-refractivity contribution in [2.75, 3.05) is 6.54 Å². The van der Waals surface area contributed by atoms with Crippen LogP contribution in [0, 0.1) is 0 Å². The fourth-order valence-corrected chi connectivity index (χ4v) is 3.00. The van der Waals surface area contributed by atoms with Crippen molar-refractivity contribution in [3.8, 4) is 0 Å². The number of nitrogens with zero attached hydrogens (tertiary/aromatic N) is 3. The van der Waals surface area contributed by atoms with Crippen LogP contribution in [0.15, 0.2) is 46.1 Å². The molecule has 0 bridgehead atoms. The quantitative estimate of drug-likeness (QED) is 0.686. The Morgan fingerprint density at radius 3 is 3.00 bits per heavy atom. The summed E-state index contributed by atoms with van der Waals surface area (Å²) < 4.78 is 6.92. The standard InChI is InChI=1S/C17H15N3O3/c1-19-10-18-14-8-20(7-6-12(14)16(19)21)17(22)13-9-23-15-5-3-2-4-11(13)15/h2-5,9-10H,6-8H2,1H3. The van der Waals surface area contributed by atoms with Gasteiger partial charge in [-0.3, -0.25) is 9.59 Å². The van der Waals surface area contributed by atoms with Crippen molar-refractivity contribution in [2.45, 2.75) is 13.0 Å². The third kappa shape index (κ3) is 2.14. The van der Waals surface area contributed by atoms with E-state index in [0.29, 0.717) is 41.9 Å². The number of aryl methyl sites for hydroxylation is 1. The average Bonchev–Trinajstić information content (AvgIpc) is 3.01. The first-order valence-electron chi connectivity index (χ1n) is 7.44. The predicted octanol–water partition coefficient (Wildman–Crippen LogP) is 1.72. The van der Waals surface area contributed by atoms with Crippen LogP contribution >= 0.6 is 0 Å². The minimum Gasteiger partial charge on any atom is -0.463 e. The molecular weight excluding hydrogens is 294 g/mol. The Balaban J connectivity index is 1.68. The van der Waals surface area contributed by atoms with Crippen LogP contribution in [0.3, 0.4) is 0 Å². The Hall–Kier alpha value is -2.89. The summed E-state index contributed by atoms with van der Waals surface area (Å²) in [4.78, 5) is 30.9. The molecule has 6 heteroatoms. The number of aromatic nitrogens is 2. The zero-order chi connectivity index (χ0) is 16.0. The molecule has 0 radical (unpaired) electrons. The summed E-state index contributed by atoms with van der Waals surface area (Å²) in [5.41, 5.74) is 2.60. The summed E-state index contributed by atoms with van der Waals surface area (Å²) >= 11 is 0. The van der Waals surface area contributed by atoms with E-state index in [1.54, 1.807) is 11.9 Å². The second-order valence-corrected chi connectivity index (χ2v) is 5.71. The van der Waals surface area contributed by atoms with Crippen molar-refractivity contribution >= 4 is 16.9 Å². The highest BCUT2D eigenvalue weighted by molar-refractivity contribution is 6.05. The monoisotopic (exact) mass is 309 g/mol. The van der Waals surface area contributed by atoms with Gasteiger partial charge in [0, 0.05) is 24.5 Å². The molecule has 2 aromatic heterocycles. The van der Waals surface area contributed by atoms with Gasteiger partial charge in [0.25, 0.3) is 11.5 Å². The van der Waals surface area contributed by atoms with Crippen LogP contribution in [0.1, 0.15) is 21.6 Å². The van der Waals surface area contributed by atoms with E-state index in [-0.39, 0.29) is 11.5 Å². The van der Waals surface area contributed by atoms with Gasteiger partial charge in [-0.25, -0.2) is 4.98 Å². The number of hydrogen-bond acceptors (Lipinski definition) is 4. The van der Waals surface area contributed by atoms with E-state index in [4.69, 9.17) is 4.42 Å². The van der Waals surface area contributed by atoms with E-state index < -0.39 is 0 Å². The van der Waals surface area contributed by atoms with Gasteiger partial charge in [-0.2, -0.15) is 0 Å². The maximum absolute atomic E-state index is 12.8. The molecule has 0 unspecified atom stereocenters. The smallest absolute Gasteiger partial charge is 0.258 e. The van der Waals surface area contributed by atoms with E-state index in [2.05, 4.69) is 4.98 Å². The Morgan fingerprint density at radius 1 is 1.30 bits per heavy atom. The zero-order valence-corrected chi connectivity index (χ0v) is 12.7. The lowest BCUT2D eigenvalue weighted by molar-refractivity contribution is 0.0732. The van der Waals surface area contributed by atoms with Gasteiger partial charge in [-0.1, -0.05) is 18.2 Å². The SMILES string of the molecule is Cn1cnc2c(c1=O)CCN(C(=O)c1coc3ccccc13)C2. The highest BCUT2D eigenvalue weighted by Gasteiger charge is 2.26. The normalized spacial score (nSPS) is 14.0. The fourth-order valence-electron chi connectivity index (χ4n) is 3.00. The predicted molar refractivity (Wildman–Crippen MR) is 84.1 cm³/mol. The zero-order valence-electron chi connectivity index (χ0n) is 12.7. The van der Waals surface area contributed by atoms with Crippen LogP contribution in [-0.4, -0.2) is 26.9 Å². The van der Waals surface area contributed by atoms with Crippen molar-refractivity contribution < 1.29 is 9.21 Å². The van der Waals surface area contributed by atoms with Crippen molar-refractivity contribution in [2.24, 2.45) is 7.05 Å². The number of furan rings is 1. The van der Waals surface area contributed by atoms with Crippen molar-refractivity contribution in [3.63, 3.8) is 0 Å². The van der Waals surface area contributed by atoms with Crippen LogP contribution < -0.4 is 5.56 Å². The molecule has 1 aliphatic heterocycles. The molecule has 0 N–H and O–H groups in total. The molecule has 0 spiro atoms. The number of para-hydroxylation sites is 1. The highest BCUT2D eigenvalue weighted by atomic mass is 16.3. The molecule has 6 nitrogen and oxygen atoms in total. The maximum Gasteiger partial charge on any atom is 0.258 e. The van der Waals surface area contributed by atoms with Gasteiger partial charge < -0.3 is 13.9 Å². The Labute approximate surface area is 132 Å². The second kappa shape index (κ2) is 5.08. The van der Waals surface area contributed by atoms with Crippen LogP contribution in [0.4, 0.5) is 0 Å². The summed E-state index contributed by atoms with van der Waals surface area (Å²) in [6, 6.07) is 7.46. The Kier molecular flexibility index (Phi) is 3.04. The number of amides is 1. The maximum atomic E-state index is 12.8. The number of fused-ring (bicyclic) bond motifs is 2. The van der Waals surface area contributed by atoms with Gasteiger partial charge in [0.05, 0.1) is 24.1 Å². The van der Waals surface area contributed by atoms with E-state index >= 15 is 0 Å². The molecule has 0 saturated heterocycles. The number of hydrogen-bond donors (Lipinski definition) is 0. The van der Waals surface area contributed by atoms with Crippen molar-refractivity contribution in [1.82, 2.24) is 14.5 Å².